The molecule has 40 heavy (non-hydrogen) atoms. The van der Waals surface area contributed by atoms with Gasteiger partial charge in [-0.2, -0.15) is 0 Å². The minimum atomic E-state index is -0.667. The van der Waals surface area contributed by atoms with Crippen LogP contribution >= 0.6 is 0 Å². The maximum absolute atomic E-state index is 13.1. The summed E-state index contributed by atoms with van der Waals surface area (Å²) in [5.74, 6) is 0.657. The van der Waals surface area contributed by atoms with Crippen LogP contribution in [0.3, 0.4) is 0 Å². The number of amides is 1. The molecule has 1 N–H and O–H groups in total. The second kappa shape index (κ2) is 13.0. The Labute approximate surface area is 240 Å². The first-order valence-corrected chi connectivity index (χ1v) is 14.8. The molecule has 4 atom stereocenters. The van der Waals surface area contributed by atoms with Crippen LogP contribution in [0.4, 0.5) is 0 Å². The molecule has 1 unspecified atom stereocenters. The molecule has 1 aliphatic carbocycles. The highest BCUT2D eigenvalue weighted by molar-refractivity contribution is 5.76. The van der Waals surface area contributed by atoms with E-state index in [-0.39, 0.29) is 17.9 Å². The average molecular weight is 548 g/mol. The van der Waals surface area contributed by atoms with Crippen molar-refractivity contribution in [3.63, 3.8) is 0 Å². The van der Waals surface area contributed by atoms with E-state index in [0.29, 0.717) is 12.8 Å². The highest BCUT2D eigenvalue weighted by Gasteiger charge is 2.64. The van der Waals surface area contributed by atoms with Gasteiger partial charge in [-0.05, 0) is 67.9 Å². The summed E-state index contributed by atoms with van der Waals surface area (Å²) in [6, 6.07) is 18.8. The molecule has 1 saturated carbocycles. The smallest absolute Gasteiger partial charge is 0.303 e. The van der Waals surface area contributed by atoms with Crippen LogP contribution < -0.4 is 10.1 Å². The number of ether oxygens (including phenoxy) is 2. The number of esters is 1. The molecule has 0 spiro atoms. The SMILES string of the molecule is C=CC[N@@+]1(C)CC[C@@]2(c3cccc(OC)c3)C[C@@H](NC(=O)CCCCCc3ccccc3)CCC2(OC(C)=O)C1. The number of rotatable bonds is 12. The summed E-state index contributed by atoms with van der Waals surface area (Å²) in [5, 5.41) is 3.37. The van der Waals surface area contributed by atoms with Crippen molar-refractivity contribution in [1.82, 2.24) is 5.32 Å². The van der Waals surface area contributed by atoms with E-state index in [1.165, 1.54) is 12.5 Å². The molecule has 6 nitrogen and oxygen atoms in total. The molecular formula is C34H47N2O4+. The summed E-state index contributed by atoms with van der Waals surface area (Å²) >= 11 is 0. The lowest BCUT2D eigenvalue weighted by Gasteiger charge is -2.60. The van der Waals surface area contributed by atoms with Gasteiger partial charge in [0.2, 0.25) is 5.91 Å². The molecule has 1 aliphatic heterocycles. The maximum Gasteiger partial charge on any atom is 0.303 e. The van der Waals surface area contributed by atoms with Gasteiger partial charge in [-0.25, -0.2) is 0 Å². The number of methoxy groups -OCH3 is 1. The number of likely N-dealkylation sites (N-methyl/N-ethyl adjacent to an activating group) is 1. The van der Waals surface area contributed by atoms with Gasteiger partial charge in [-0.3, -0.25) is 9.59 Å². The number of carbonyl (C=O) groups excluding carboxylic acids is 2. The van der Waals surface area contributed by atoms with Crippen LogP contribution in [0.2, 0.25) is 0 Å². The molecule has 2 aromatic carbocycles. The van der Waals surface area contributed by atoms with Crippen molar-refractivity contribution in [2.24, 2.45) is 0 Å². The Balaban J connectivity index is 1.49. The summed E-state index contributed by atoms with van der Waals surface area (Å²) in [4.78, 5) is 25.7. The normalized spacial score (nSPS) is 27.7. The first-order chi connectivity index (χ1) is 19.2. The summed E-state index contributed by atoms with van der Waals surface area (Å²) < 4.78 is 12.8. The van der Waals surface area contributed by atoms with Crippen molar-refractivity contribution in [3.05, 3.63) is 78.4 Å². The Bertz CT molecular complexity index is 1170. The lowest BCUT2D eigenvalue weighted by atomic mass is 9.54. The third kappa shape index (κ3) is 6.77. The summed E-state index contributed by atoms with van der Waals surface area (Å²) in [5.41, 5.74) is 1.39. The molecule has 1 heterocycles. The van der Waals surface area contributed by atoms with Crippen LogP contribution in [0.5, 0.6) is 5.75 Å². The van der Waals surface area contributed by atoms with Crippen molar-refractivity contribution in [1.29, 1.82) is 0 Å². The van der Waals surface area contributed by atoms with E-state index < -0.39 is 11.0 Å². The monoisotopic (exact) mass is 547 g/mol. The quantitative estimate of drug-likeness (QED) is 0.159. The zero-order valence-corrected chi connectivity index (χ0v) is 24.6. The van der Waals surface area contributed by atoms with Crippen LogP contribution in [0.15, 0.2) is 67.3 Å². The number of aryl methyl sites for hydroxylation is 1. The van der Waals surface area contributed by atoms with Gasteiger partial charge in [0.15, 0.2) is 5.60 Å². The second-order valence-electron chi connectivity index (χ2n) is 12.2. The number of likely N-dealkylation sites (tertiary alicyclic amines) is 1. The number of nitrogens with zero attached hydrogens (tertiary/aromatic N) is 1. The van der Waals surface area contributed by atoms with Gasteiger partial charge in [0.1, 0.15) is 12.3 Å². The second-order valence-corrected chi connectivity index (χ2v) is 12.2. The van der Waals surface area contributed by atoms with Gasteiger partial charge >= 0.3 is 5.97 Å². The van der Waals surface area contributed by atoms with E-state index in [9.17, 15) is 9.59 Å². The number of carbonyl (C=O) groups is 2. The van der Waals surface area contributed by atoms with Crippen molar-refractivity contribution in [2.45, 2.75) is 81.8 Å². The van der Waals surface area contributed by atoms with Gasteiger partial charge in [0, 0.05) is 31.2 Å². The third-order valence-corrected chi connectivity index (χ3v) is 9.19. The van der Waals surface area contributed by atoms with E-state index in [2.05, 4.69) is 55.3 Å². The lowest BCUT2D eigenvalue weighted by Crippen LogP contribution is -2.72. The van der Waals surface area contributed by atoms with Crippen molar-refractivity contribution in [3.8, 4) is 5.75 Å². The number of benzene rings is 2. The molecule has 0 bridgehead atoms. The van der Waals surface area contributed by atoms with Crippen LogP contribution in [0, 0.1) is 0 Å². The van der Waals surface area contributed by atoms with Crippen LogP contribution in [-0.2, 0) is 26.2 Å². The Hall–Kier alpha value is -3.12. The predicted octanol–water partition coefficient (Wildman–Crippen LogP) is 5.74. The number of hydrogen-bond acceptors (Lipinski definition) is 4. The van der Waals surface area contributed by atoms with Gasteiger partial charge in [0.25, 0.3) is 0 Å². The van der Waals surface area contributed by atoms with Crippen molar-refractivity contribution in [2.75, 3.05) is 33.8 Å². The van der Waals surface area contributed by atoms with Gasteiger partial charge < -0.3 is 19.3 Å². The molecule has 0 radical (unpaired) electrons. The fourth-order valence-corrected chi connectivity index (χ4v) is 7.30. The topological polar surface area (TPSA) is 64.6 Å². The minimum Gasteiger partial charge on any atom is -0.497 e. The van der Waals surface area contributed by atoms with Crippen LogP contribution in [0.1, 0.15) is 69.4 Å². The van der Waals surface area contributed by atoms with E-state index >= 15 is 0 Å². The molecule has 4 rings (SSSR count). The fraction of sp³-hybridized carbons (Fsp3) is 0.529. The van der Waals surface area contributed by atoms with E-state index in [0.717, 1.165) is 80.4 Å². The number of piperidine rings is 1. The average Bonchev–Trinajstić information content (AvgIpc) is 2.93. The largest absolute Gasteiger partial charge is 0.497 e. The number of hydrogen-bond donors (Lipinski definition) is 1. The highest BCUT2D eigenvalue weighted by atomic mass is 16.6. The lowest BCUT2D eigenvalue weighted by molar-refractivity contribution is -0.917. The third-order valence-electron chi connectivity index (χ3n) is 9.19. The zero-order chi connectivity index (χ0) is 28.6. The Morgan fingerprint density at radius 3 is 2.62 bits per heavy atom. The summed E-state index contributed by atoms with van der Waals surface area (Å²) in [6.45, 7) is 7.99. The Kier molecular flexibility index (Phi) is 9.72. The van der Waals surface area contributed by atoms with E-state index in [1.807, 2.05) is 24.3 Å². The van der Waals surface area contributed by atoms with Crippen LogP contribution in [0.25, 0.3) is 0 Å². The number of nitrogens with one attached hydrogen (secondary N) is 1. The molecule has 216 valence electrons. The molecule has 6 heteroatoms. The van der Waals surface area contributed by atoms with Crippen molar-refractivity contribution >= 4 is 11.9 Å². The molecular weight excluding hydrogens is 500 g/mol. The number of unbranched alkanes of at least 4 members (excludes halogenated alkanes) is 2. The first-order valence-electron chi connectivity index (χ1n) is 14.8. The minimum absolute atomic E-state index is 0.0305. The Morgan fingerprint density at radius 2 is 1.90 bits per heavy atom. The van der Waals surface area contributed by atoms with E-state index in [1.54, 1.807) is 7.11 Å². The molecule has 2 aromatic rings. The van der Waals surface area contributed by atoms with Crippen LogP contribution in [-0.4, -0.2) is 61.8 Å². The molecule has 2 aliphatic rings. The summed E-state index contributed by atoms with van der Waals surface area (Å²) in [7, 11) is 3.91. The number of fused-ring (bicyclic) bond motifs is 1. The molecule has 1 amide bonds. The fourth-order valence-electron chi connectivity index (χ4n) is 7.30. The molecule has 0 aromatic heterocycles. The standard InChI is InChI=1S/C34H46N2O4/c1-5-22-36(3)23-21-33(29-16-12-17-31(24-29)39-4)25-30(19-20-34(33,26-36)40-27(2)37)35-32(38)18-11-7-10-15-28-13-8-6-9-14-28/h5-6,8-9,12-14,16-17,24,30H,1,7,10-11,15,18-23,25-26H2,2-4H3/p+1/t30-,33-,34?,36-/m0/s1. The first kappa shape index (κ1) is 29.9. The van der Waals surface area contributed by atoms with Gasteiger partial charge in [-0.1, -0.05) is 55.5 Å². The molecule has 1 saturated heterocycles. The van der Waals surface area contributed by atoms with Gasteiger partial charge in [0.05, 0.1) is 27.2 Å². The number of quaternary nitrogens is 1. The van der Waals surface area contributed by atoms with Gasteiger partial charge in [-0.15, -0.1) is 0 Å². The molecule has 2 fully saturated rings. The highest BCUT2D eigenvalue weighted by Crippen LogP contribution is 2.55. The zero-order valence-electron chi connectivity index (χ0n) is 24.6. The maximum atomic E-state index is 13.1. The Morgan fingerprint density at radius 1 is 1.10 bits per heavy atom. The van der Waals surface area contributed by atoms with Crippen molar-refractivity contribution < 1.29 is 23.5 Å². The summed E-state index contributed by atoms with van der Waals surface area (Å²) in [6.07, 6.45) is 9.65. The van der Waals surface area contributed by atoms with E-state index in [4.69, 9.17) is 9.47 Å². The predicted molar refractivity (Wildman–Crippen MR) is 159 cm³/mol.